The van der Waals surface area contributed by atoms with Gasteiger partial charge in [0.2, 0.25) is 16.9 Å². The van der Waals surface area contributed by atoms with Gasteiger partial charge in [0.1, 0.15) is 5.01 Å². The fourth-order valence-electron chi connectivity index (χ4n) is 1.86. The van der Waals surface area contributed by atoms with Gasteiger partial charge in [-0.3, -0.25) is 19.7 Å². The molecule has 0 unspecified atom stereocenters. The van der Waals surface area contributed by atoms with Crippen molar-refractivity contribution >= 4 is 40.2 Å². The lowest BCUT2D eigenvalue weighted by Crippen LogP contribution is -2.19. The van der Waals surface area contributed by atoms with Crippen LogP contribution < -0.4 is 10.7 Å². The Morgan fingerprint density at radius 3 is 2.88 bits per heavy atom. The highest BCUT2D eigenvalue weighted by Crippen LogP contribution is 2.16. The summed E-state index contributed by atoms with van der Waals surface area (Å²) in [7, 11) is 0. The van der Waals surface area contributed by atoms with Crippen molar-refractivity contribution in [1.82, 2.24) is 15.6 Å². The summed E-state index contributed by atoms with van der Waals surface area (Å²) in [5.74, 6) is -0.574. The van der Waals surface area contributed by atoms with Crippen LogP contribution in [0, 0.1) is 10.1 Å². The molecule has 0 fully saturated rings. The lowest BCUT2D eigenvalue weighted by molar-refractivity contribution is -0.384. The van der Waals surface area contributed by atoms with Gasteiger partial charge in [0, 0.05) is 24.1 Å². The summed E-state index contributed by atoms with van der Waals surface area (Å²) in [5.41, 5.74) is 2.73. The van der Waals surface area contributed by atoms with E-state index < -0.39 is 10.8 Å². The zero-order chi connectivity index (χ0) is 18.9. The van der Waals surface area contributed by atoms with Crippen LogP contribution in [0.4, 0.5) is 10.8 Å². The Morgan fingerprint density at radius 1 is 1.35 bits per heavy atom. The van der Waals surface area contributed by atoms with E-state index in [2.05, 4.69) is 26.0 Å². The van der Waals surface area contributed by atoms with E-state index in [-0.39, 0.29) is 18.0 Å². The number of hydrogen-bond donors (Lipinski definition) is 2. The van der Waals surface area contributed by atoms with Crippen molar-refractivity contribution in [2.24, 2.45) is 5.10 Å². The molecule has 0 aliphatic heterocycles. The molecular formula is C15H16N6O4S. The highest BCUT2D eigenvalue weighted by molar-refractivity contribution is 7.15. The minimum Gasteiger partial charge on any atom is -0.301 e. The van der Waals surface area contributed by atoms with E-state index in [1.807, 2.05) is 6.92 Å². The van der Waals surface area contributed by atoms with Crippen molar-refractivity contribution in [3.63, 3.8) is 0 Å². The zero-order valence-corrected chi connectivity index (χ0v) is 14.7. The van der Waals surface area contributed by atoms with Gasteiger partial charge >= 0.3 is 0 Å². The second-order valence-corrected chi connectivity index (χ2v) is 6.18. The number of nitro benzene ring substituents is 1. The molecule has 0 saturated carbocycles. The molecule has 0 bridgehead atoms. The lowest BCUT2D eigenvalue weighted by Gasteiger charge is -1.97. The van der Waals surface area contributed by atoms with Crippen LogP contribution in [0.1, 0.15) is 30.3 Å². The Kier molecular flexibility index (Phi) is 6.85. The molecule has 2 amide bonds. The molecule has 2 rings (SSSR count). The minimum atomic E-state index is -0.512. The number of carbonyl (C=O) groups excluding carboxylic acids is 2. The number of hydrazone groups is 1. The Labute approximate surface area is 152 Å². The largest absolute Gasteiger partial charge is 0.301 e. The summed E-state index contributed by atoms with van der Waals surface area (Å²) >= 11 is 1.11. The molecule has 0 atom stereocenters. The van der Waals surface area contributed by atoms with Gasteiger partial charge in [0.25, 0.3) is 5.69 Å². The van der Waals surface area contributed by atoms with Gasteiger partial charge in [-0.25, -0.2) is 5.43 Å². The molecular weight excluding hydrogens is 360 g/mol. The van der Waals surface area contributed by atoms with Gasteiger partial charge in [-0.15, -0.1) is 10.2 Å². The van der Waals surface area contributed by atoms with Crippen molar-refractivity contribution in [1.29, 1.82) is 0 Å². The molecule has 136 valence electrons. The fraction of sp³-hybridized carbons (Fsp3) is 0.267. The van der Waals surface area contributed by atoms with Gasteiger partial charge in [-0.2, -0.15) is 5.10 Å². The van der Waals surface area contributed by atoms with Crippen LogP contribution >= 0.6 is 11.3 Å². The second-order valence-electron chi connectivity index (χ2n) is 5.12. The van der Waals surface area contributed by atoms with Crippen molar-refractivity contribution in [2.75, 3.05) is 5.32 Å². The second kappa shape index (κ2) is 9.32. The molecule has 11 heteroatoms. The van der Waals surface area contributed by atoms with Crippen LogP contribution in [-0.2, 0) is 16.0 Å². The van der Waals surface area contributed by atoms with Crippen LogP contribution in [0.2, 0.25) is 0 Å². The molecule has 0 aliphatic rings. The monoisotopic (exact) mass is 376 g/mol. The van der Waals surface area contributed by atoms with Gasteiger partial charge in [0.05, 0.1) is 17.6 Å². The van der Waals surface area contributed by atoms with Crippen LogP contribution in [-0.4, -0.2) is 33.1 Å². The van der Waals surface area contributed by atoms with E-state index in [9.17, 15) is 19.7 Å². The number of hydrogen-bond acceptors (Lipinski definition) is 8. The highest BCUT2D eigenvalue weighted by Gasteiger charge is 2.11. The van der Waals surface area contributed by atoms with Crippen molar-refractivity contribution in [3.05, 3.63) is 45.0 Å². The lowest BCUT2D eigenvalue weighted by atomic mass is 10.2. The number of aromatic nitrogens is 2. The molecule has 1 aromatic carbocycles. The average molecular weight is 376 g/mol. The first-order chi connectivity index (χ1) is 12.5. The quantitative estimate of drug-likeness (QED) is 0.409. The Morgan fingerprint density at radius 2 is 2.15 bits per heavy atom. The summed E-state index contributed by atoms with van der Waals surface area (Å²) in [6.45, 7) is 1.89. The van der Waals surface area contributed by atoms with E-state index in [4.69, 9.17) is 0 Å². The standard InChI is InChI=1S/C15H16N6O4S/c1-2-4-12(22)17-15-20-19-14(26-15)8-13(23)18-16-9-10-5-3-6-11(7-10)21(24)25/h3,5-7,9H,2,4,8H2,1H3,(H,18,23)(H,17,20,22)/b16-9-. The summed E-state index contributed by atoms with van der Waals surface area (Å²) in [4.78, 5) is 33.5. The number of benzene rings is 1. The first-order valence-corrected chi connectivity index (χ1v) is 8.48. The van der Waals surface area contributed by atoms with Gasteiger partial charge < -0.3 is 5.32 Å². The van der Waals surface area contributed by atoms with Crippen molar-refractivity contribution in [2.45, 2.75) is 26.2 Å². The predicted molar refractivity (Wildman–Crippen MR) is 96.0 cm³/mol. The van der Waals surface area contributed by atoms with E-state index in [0.717, 1.165) is 17.8 Å². The maximum Gasteiger partial charge on any atom is 0.270 e. The van der Waals surface area contributed by atoms with Crippen LogP contribution in [0.3, 0.4) is 0 Å². The van der Waals surface area contributed by atoms with Crippen molar-refractivity contribution in [3.8, 4) is 0 Å². The first-order valence-electron chi connectivity index (χ1n) is 7.66. The molecule has 26 heavy (non-hydrogen) atoms. The number of rotatable bonds is 8. The normalized spacial score (nSPS) is 10.7. The number of anilines is 1. The summed E-state index contributed by atoms with van der Waals surface area (Å²) in [6, 6.07) is 5.85. The SMILES string of the molecule is CCCC(=O)Nc1nnc(CC(=O)N/N=C\c2cccc([N+](=O)[O-])c2)s1. The topological polar surface area (TPSA) is 139 Å². The molecule has 0 spiro atoms. The van der Waals surface area contributed by atoms with Gasteiger partial charge in [0.15, 0.2) is 0 Å². The number of nitrogens with one attached hydrogen (secondary N) is 2. The summed E-state index contributed by atoms with van der Waals surface area (Å²) < 4.78 is 0. The first kappa shape index (κ1) is 19.1. The number of amides is 2. The Bertz CT molecular complexity index is 835. The van der Waals surface area contributed by atoms with Crippen molar-refractivity contribution < 1.29 is 14.5 Å². The fourth-order valence-corrected chi connectivity index (χ4v) is 2.61. The smallest absolute Gasteiger partial charge is 0.270 e. The molecule has 0 radical (unpaired) electrons. The third kappa shape index (κ3) is 6.02. The number of carbonyl (C=O) groups is 2. The van der Waals surface area contributed by atoms with Gasteiger partial charge in [-0.05, 0) is 6.42 Å². The predicted octanol–water partition coefficient (Wildman–Crippen LogP) is 1.88. The molecule has 1 heterocycles. The maximum atomic E-state index is 11.8. The van der Waals surface area contributed by atoms with Gasteiger partial charge in [-0.1, -0.05) is 30.4 Å². The van der Waals surface area contributed by atoms with Crippen LogP contribution in [0.15, 0.2) is 29.4 Å². The van der Waals surface area contributed by atoms with Crippen LogP contribution in [0.5, 0.6) is 0 Å². The highest BCUT2D eigenvalue weighted by atomic mass is 32.1. The molecule has 2 aromatic rings. The molecule has 0 saturated heterocycles. The van der Waals surface area contributed by atoms with E-state index in [0.29, 0.717) is 22.1 Å². The third-order valence-electron chi connectivity index (χ3n) is 2.99. The zero-order valence-electron chi connectivity index (χ0n) is 13.8. The molecule has 2 N–H and O–H groups in total. The Hall–Kier alpha value is -3.21. The number of nitro groups is 1. The summed E-state index contributed by atoms with van der Waals surface area (Å²) in [5, 5.41) is 25.5. The van der Waals surface area contributed by atoms with E-state index in [1.54, 1.807) is 6.07 Å². The van der Waals surface area contributed by atoms with E-state index >= 15 is 0 Å². The minimum absolute atomic E-state index is 0.0480. The van der Waals surface area contributed by atoms with Crippen LogP contribution in [0.25, 0.3) is 0 Å². The number of non-ortho nitro benzene ring substituents is 1. The molecule has 0 aliphatic carbocycles. The average Bonchev–Trinajstić information content (AvgIpc) is 3.02. The third-order valence-corrected chi connectivity index (χ3v) is 3.82. The summed E-state index contributed by atoms with van der Waals surface area (Å²) in [6.07, 6.45) is 2.37. The Balaban J connectivity index is 1.85. The van der Waals surface area contributed by atoms with E-state index in [1.165, 1.54) is 24.4 Å². The molecule has 10 nitrogen and oxygen atoms in total. The number of nitrogens with zero attached hydrogens (tertiary/aromatic N) is 4. The maximum absolute atomic E-state index is 11.8. The molecule has 1 aromatic heterocycles.